The van der Waals surface area contributed by atoms with Crippen molar-refractivity contribution in [1.29, 1.82) is 0 Å². The molecule has 1 aromatic rings. The molecule has 0 amide bonds. The number of hydrogen-bond donors (Lipinski definition) is 2. The van der Waals surface area contributed by atoms with Crippen LogP contribution in [-0.4, -0.2) is 9.79 Å². The second-order valence-corrected chi connectivity index (χ2v) is 3.71. The van der Waals surface area contributed by atoms with Crippen LogP contribution in [0, 0.1) is 0 Å². The highest BCUT2D eigenvalue weighted by Crippen LogP contribution is 2.38. The molecule has 5 heteroatoms. The van der Waals surface area contributed by atoms with Gasteiger partial charge >= 0.3 is 7.82 Å². The monoisotopic (exact) mass is 202 g/mol. The lowest BCUT2D eigenvalue weighted by molar-refractivity contribution is 0.282. The highest BCUT2D eigenvalue weighted by atomic mass is 31.2. The van der Waals surface area contributed by atoms with Gasteiger partial charge in [0.2, 0.25) is 0 Å². The molecule has 0 unspecified atom stereocenters. The average Bonchev–Trinajstić information content (AvgIpc) is 2.02. The number of rotatable bonds is 3. The minimum absolute atomic E-state index is 0.248. The Labute approximate surface area is 76.4 Å². The molecule has 0 aromatic heterocycles. The van der Waals surface area contributed by atoms with Crippen molar-refractivity contribution < 1.29 is 18.9 Å². The van der Waals surface area contributed by atoms with E-state index in [9.17, 15) is 4.57 Å². The van der Waals surface area contributed by atoms with Crippen molar-refractivity contribution in [1.82, 2.24) is 0 Å². The molecule has 0 aliphatic heterocycles. The van der Waals surface area contributed by atoms with Crippen molar-refractivity contribution in [3.05, 3.63) is 29.8 Å². The Kier molecular flexibility index (Phi) is 3.09. The first-order valence-corrected chi connectivity index (χ1v) is 5.39. The first kappa shape index (κ1) is 10.3. The molecule has 0 aliphatic rings. The van der Waals surface area contributed by atoms with E-state index in [4.69, 9.17) is 9.79 Å². The number of phosphoric ester groups is 1. The number of para-hydroxylation sites is 1. The number of aryl methyl sites for hydroxylation is 1. The Morgan fingerprint density at radius 2 is 2.00 bits per heavy atom. The average molecular weight is 202 g/mol. The van der Waals surface area contributed by atoms with E-state index in [0.29, 0.717) is 6.42 Å². The smallest absolute Gasteiger partial charge is 0.404 e. The van der Waals surface area contributed by atoms with Gasteiger partial charge in [0.15, 0.2) is 0 Å². The summed E-state index contributed by atoms with van der Waals surface area (Å²) in [5.41, 5.74) is 0.783. The van der Waals surface area contributed by atoms with Gasteiger partial charge in [-0.15, -0.1) is 0 Å². The maximum Gasteiger partial charge on any atom is 0.524 e. The Bertz CT molecular complexity index is 331. The molecular formula is C8H11O4P. The normalized spacial score (nSPS) is 11.3. The van der Waals surface area contributed by atoms with Crippen LogP contribution in [-0.2, 0) is 11.0 Å². The summed E-state index contributed by atoms with van der Waals surface area (Å²) in [4.78, 5) is 17.2. The third kappa shape index (κ3) is 3.19. The Hall–Kier alpha value is -0.830. The molecule has 1 aromatic carbocycles. The molecule has 1 rings (SSSR count). The molecule has 0 saturated heterocycles. The van der Waals surface area contributed by atoms with Gasteiger partial charge in [0.25, 0.3) is 0 Å². The van der Waals surface area contributed by atoms with E-state index in [2.05, 4.69) is 4.52 Å². The molecule has 0 atom stereocenters. The van der Waals surface area contributed by atoms with Gasteiger partial charge < -0.3 is 4.52 Å². The summed E-state index contributed by atoms with van der Waals surface area (Å²) in [5, 5.41) is 0. The molecule has 0 saturated carbocycles. The second-order valence-electron chi connectivity index (χ2n) is 2.54. The molecular weight excluding hydrogens is 191 g/mol. The van der Waals surface area contributed by atoms with E-state index >= 15 is 0 Å². The molecule has 2 N–H and O–H groups in total. The van der Waals surface area contributed by atoms with E-state index < -0.39 is 7.82 Å². The van der Waals surface area contributed by atoms with Crippen molar-refractivity contribution in [2.75, 3.05) is 0 Å². The Morgan fingerprint density at radius 1 is 1.38 bits per heavy atom. The van der Waals surface area contributed by atoms with E-state index in [1.165, 1.54) is 6.07 Å². The molecule has 0 fully saturated rings. The van der Waals surface area contributed by atoms with E-state index in [0.717, 1.165) is 5.56 Å². The van der Waals surface area contributed by atoms with Gasteiger partial charge in [-0.05, 0) is 18.1 Å². The van der Waals surface area contributed by atoms with Crippen LogP contribution in [0.3, 0.4) is 0 Å². The second kappa shape index (κ2) is 3.92. The quantitative estimate of drug-likeness (QED) is 0.732. The SMILES string of the molecule is CCc1ccccc1OP(=O)(O)O. The van der Waals surface area contributed by atoms with Crippen LogP contribution in [0.15, 0.2) is 24.3 Å². The molecule has 0 heterocycles. The third-order valence-corrected chi connectivity index (χ3v) is 2.01. The predicted octanol–water partition coefficient (Wildman–Crippen LogP) is 1.72. The van der Waals surface area contributed by atoms with Crippen molar-refractivity contribution in [2.45, 2.75) is 13.3 Å². The summed E-state index contributed by atoms with van der Waals surface area (Å²) in [6.07, 6.45) is 0.677. The van der Waals surface area contributed by atoms with Crippen molar-refractivity contribution >= 4 is 7.82 Å². The van der Waals surface area contributed by atoms with Crippen LogP contribution >= 0.6 is 7.82 Å². The summed E-state index contributed by atoms with van der Waals surface area (Å²) in [7, 11) is -4.43. The van der Waals surface area contributed by atoms with Crippen LogP contribution in [0.1, 0.15) is 12.5 Å². The Morgan fingerprint density at radius 3 is 2.54 bits per heavy atom. The highest BCUT2D eigenvalue weighted by Gasteiger charge is 2.17. The maximum absolute atomic E-state index is 10.5. The lowest BCUT2D eigenvalue weighted by atomic mass is 10.1. The molecule has 0 spiro atoms. The van der Waals surface area contributed by atoms with Crippen LogP contribution in [0.2, 0.25) is 0 Å². The molecule has 0 aliphatic carbocycles. The van der Waals surface area contributed by atoms with Gasteiger partial charge in [0.05, 0.1) is 0 Å². The zero-order valence-corrected chi connectivity index (χ0v) is 8.07. The summed E-state index contributed by atoms with van der Waals surface area (Å²) in [6.45, 7) is 1.89. The lowest BCUT2D eigenvalue weighted by Gasteiger charge is -2.09. The standard InChI is InChI=1S/C8H11O4P/c1-2-7-5-3-4-6-8(7)12-13(9,10)11/h3-6H,2H2,1H3,(H2,9,10,11). The van der Waals surface area contributed by atoms with Crippen molar-refractivity contribution in [2.24, 2.45) is 0 Å². The van der Waals surface area contributed by atoms with Gasteiger partial charge in [-0.1, -0.05) is 25.1 Å². The van der Waals surface area contributed by atoms with Crippen LogP contribution in [0.25, 0.3) is 0 Å². The van der Waals surface area contributed by atoms with Crippen molar-refractivity contribution in [3.8, 4) is 5.75 Å². The van der Waals surface area contributed by atoms with Gasteiger partial charge in [0.1, 0.15) is 5.75 Å². The molecule has 4 nitrogen and oxygen atoms in total. The largest absolute Gasteiger partial charge is 0.524 e. The van der Waals surface area contributed by atoms with Crippen molar-refractivity contribution in [3.63, 3.8) is 0 Å². The minimum atomic E-state index is -4.43. The van der Waals surface area contributed by atoms with Gasteiger partial charge in [-0.2, -0.15) is 0 Å². The summed E-state index contributed by atoms with van der Waals surface area (Å²) in [6, 6.07) is 6.78. The fourth-order valence-corrected chi connectivity index (χ4v) is 1.45. The zero-order chi connectivity index (χ0) is 9.90. The number of hydrogen-bond acceptors (Lipinski definition) is 2. The Balaban J connectivity index is 2.94. The number of phosphoric acid groups is 1. The summed E-state index contributed by atoms with van der Waals surface area (Å²) >= 11 is 0. The highest BCUT2D eigenvalue weighted by molar-refractivity contribution is 7.46. The first-order valence-electron chi connectivity index (χ1n) is 3.86. The fraction of sp³-hybridized carbons (Fsp3) is 0.250. The van der Waals surface area contributed by atoms with E-state index in [1.807, 2.05) is 6.92 Å². The predicted molar refractivity (Wildman–Crippen MR) is 48.5 cm³/mol. The lowest BCUT2D eigenvalue weighted by Crippen LogP contribution is -1.93. The van der Waals surface area contributed by atoms with Crippen LogP contribution in [0.4, 0.5) is 0 Å². The minimum Gasteiger partial charge on any atom is -0.404 e. The fourth-order valence-electron chi connectivity index (χ4n) is 1.01. The third-order valence-electron chi connectivity index (χ3n) is 1.57. The molecule has 0 radical (unpaired) electrons. The van der Waals surface area contributed by atoms with Gasteiger partial charge in [-0.3, -0.25) is 9.79 Å². The maximum atomic E-state index is 10.5. The summed E-state index contributed by atoms with van der Waals surface area (Å²) in [5.74, 6) is 0.248. The molecule has 72 valence electrons. The van der Waals surface area contributed by atoms with Crippen LogP contribution < -0.4 is 4.52 Å². The van der Waals surface area contributed by atoms with Gasteiger partial charge in [0, 0.05) is 0 Å². The zero-order valence-electron chi connectivity index (χ0n) is 7.17. The van der Waals surface area contributed by atoms with Crippen LogP contribution in [0.5, 0.6) is 5.75 Å². The molecule has 0 bridgehead atoms. The topological polar surface area (TPSA) is 66.8 Å². The van der Waals surface area contributed by atoms with E-state index in [-0.39, 0.29) is 5.75 Å². The summed E-state index contributed by atoms with van der Waals surface area (Å²) < 4.78 is 15.0. The molecule has 13 heavy (non-hydrogen) atoms. The van der Waals surface area contributed by atoms with E-state index in [1.54, 1.807) is 18.2 Å². The number of benzene rings is 1. The van der Waals surface area contributed by atoms with Gasteiger partial charge in [-0.25, -0.2) is 4.57 Å². The first-order chi connectivity index (χ1) is 6.03.